The minimum Gasteiger partial charge on any atom is -0.496 e. The van der Waals surface area contributed by atoms with Crippen molar-refractivity contribution in [1.29, 1.82) is 0 Å². The summed E-state index contributed by atoms with van der Waals surface area (Å²) in [5, 5.41) is 0. The van der Waals surface area contributed by atoms with Crippen LogP contribution in [0.1, 0.15) is 16.1 Å². The van der Waals surface area contributed by atoms with E-state index in [0.717, 1.165) is 27.2 Å². The molecular formula is C14H15BrN2O2. The van der Waals surface area contributed by atoms with E-state index in [4.69, 9.17) is 10.5 Å². The summed E-state index contributed by atoms with van der Waals surface area (Å²) in [5.41, 5.74) is 8.55. The molecule has 2 N–H and O–H groups in total. The first-order valence-corrected chi connectivity index (χ1v) is 6.55. The van der Waals surface area contributed by atoms with Crippen molar-refractivity contribution in [2.24, 2.45) is 12.8 Å². The van der Waals surface area contributed by atoms with E-state index in [2.05, 4.69) is 15.9 Å². The first kappa shape index (κ1) is 13.7. The predicted octanol–water partition coefficient (Wildman–Crippen LogP) is 2.87. The lowest BCUT2D eigenvalue weighted by Gasteiger charge is -2.10. The summed E-state index contributed by atoms with van der Waals surface area (Å²) in [4.78, 5) is 11.4. The Labute approximate surface area is 120 Å². The maximum atomic E-state index is 11.4. The number of hydrogen-bond acceptors (Lipinski definition) is 2. The molecule has 0 aliphatic heterocycles. The van der Waals surface area contributed by atoms with Crippen LogP contribution in [0.25, 0.3) is 11.3 Å². The van der Waals surface area contributed by atoms with Crippen molar-refractivity contribution in [3.8, 4) is 17.0 Å². The van der Waals surface area contributed by atoms with Gasteiger partial charge in [0, 0.05) is 22.8 Å². The van der Waals surface area contributed by atoms with Crippen molar-refractivity contribution in [2.45, 2.75) is 6.92 Å². The summed E-state index contributed by atoms with van der Waals surface area (Å²) in [5.74, 6) is 0.327. The third kappa shape index (κ3) is 2.38. The molecule has 5 heteroatoms. The number of hydrogen-bond donors (Lipinski definition) is 1. The molecule has 0 atom stereocenters. The molecule has 0 saturated carbocycles. The number of aromatic nitrogens is 1. The third-order valence-corrected chi connectivity index (χ3v) is 3.73. The number of benzene rings is 1. The van der Waals surface area contributed by atoms with E-state index in [1.807, 2.05) is 36.7 Å². The molecule has 1 aromatic heterocycles. The molecule has 0 fully saturated rings. The van der Waals surface area contributed by atoms with Crippen LogP contribution in [0.5, 0.6) is 5.75 Å². The number of nitrogens with two attached hydrogens (primary N) is 1. The Bertz CT molecular complexity index is 647. The lowest BCUT2D eigenvalue weighted by molar-refractivity contribution is 0.0999. The van der Waals surface area contributed by atoms with Gasteiger partial charge in [-0.25, -0.2) is 0 Å². The molecule has 0 bridgehead atoms. The standard InChI is InChI=1S/C14H15BrN2O2/c1-8-10(14(16)18)7-12(17(8)2)11-6-9(15)4-5-13(11)19-3/h4-7H,1-3H3,(H2,16,18). The maximum absolute atomic E-state index is 11.4. The van der Waals surface area contributed by atoms with Crippen LogP contribution in [0, 0.1) is 6.92 Å². The highest BCUT2D eigenvalue weighted by Crippen LogP contribution is 2.34. The van der Waals surface area contributed by atoms with Crippen molar-refractivity contribution in [3.05, 3.63) is 40.0 Å². The molecule has 0 spiro atoms. The number of ether oxygens (including phenoxy) is 1. The van der Waals surface area contributed by atoms with Gasteiger partial charge >= 0.3 is 0 Å². The van der Waals surface area contributed by atoms with Gasteiger partial charge in [-0.15, -0.1) is 0 Å². The van der Waals surface area contributed by atoms with E-state index in [0.29, 0.717) is 5.56 Å². The van der Waals surface area contributed by atoms with Gasteiger partial charge in [-0.3, -0.25) is 4.79 Å². The fourth-order valence-electron chi connectivity index (χ4n) is 2.09. The van der Waals surface area contributed by atoms with Crippen molar-refractivity contribution < 1.29 is 9.53 Å². The minimum absolute atomic E-state index is 0.423. The number of methoxy groups -OCH3 is 1. The maximum Gasteiger partial charge on any atom is 0.250 e. The Kier molecular flexibility index (Phi) is 3.66. The van der Waals surface area contributed by atoms with Gasteiger partial charge in [0.15, 0.2) is 0 Å². The molecule has 100 valence electrons. The Morgan fingerprint density at radius 1 is 1.37 bits per heavy atom. The summed E-state index contributed by atoms with van der Waals surface area (Å²) in [6.07, 6.45) is 0. The van der Waals surface area contributed by atoms with Gasteiger partial charge in [-0.1, -0.05) is 15.9 Å². The number of rotatable bonds is 3. The molecule has 19 heavy (non-hydrogen) atoms. The summed E-state index contributed by atoms with van der Waals surface area (Å²) in [6.45, 7) is 1.87. The van der Waals surface area contributed by atoms with Crippen molar-refractivity contribution in [3.63, 3.8) is 0 Å². The zero-order valence-electron chi connectivity index (χ0n) is 11.0. The Hall–Kier alpha value is -1.75. The monoisotopic (exact) mass is 322 g/mol. The topological polar surface area (TPSA) is 57.2 Å². The second-order valence-electron chi connectivity index (χ2n) is 4.30. The predicted molar refractivity (Wildman–Crippen MR) is 78.4 cm³/mol. The molecule has 0 aliphatic carbocycles. The zero-order chi connectivity index (χ0) is 14.2. The van der Waals surface area contributed by atoms with Crippen LogP contribution in [0.2, 0.25) is 0 Å². The molecule has 0 aliphatic rings. The van der Waals surface area contributed by atoms with Gasteiger partial charge in [0.1, 0.15) is 5.75 Å². The largest absolute Gasteiger partial charge is 0.496 e. The molecule has 0 radical (unpaired) electrons. The van der Waals surface area contributed by atoms with Crippen LogP contribution >= 0.6 is 15.9 Å². The molecule has 2 rings (SSSR count). The van der Waals surface area contributed by atoms with Crippen LogP contribution in [-0.4, -0.2) is 17.6 Å². The highest BCUT2D eigenvalue weighted by atomic mass is 79.9. The molecule has 0 unspecified atom stereocenters. The van der Waals surface area contributed by atoms with E-state index in [1.54, 1.807) is 13.2 Å². The number of carbonyl (C=O) groups excluding carboxylic acids is 1. The second-order valence-corrected chi connectivity index (χ2v) is 5.21. The molecule has 1 heterocycles. The van der Waals surface area contributed by atoms with E-state index < -0.39 is 5.91 Å². The summed E-state index contributed by atoms with van der Waals surface area (Å²) in [7, 11) is 3.52. The minimum atomic E-state index is -0.423. The summed E-state index contributed by atoms with van der Waals surface area (Å²) < 4.78 is 8.25. The van der Waals surface area contributed by atoms with Crippen LogP contribution in [0.3, 0.4) is 0 Å². The molecule has 4 nitrogen and oxygen atoms in total. The second kappa shape index (κ2) is 5.09. The van der Waals surface area contributed by atoms with E-state index in [-0.39, 0.29) is 0 Å². The van der Waals surface area contributed by atoms with Crippen LogP contribution in [0.4, 0.5) is 0 Å². The van der Waals surface area contributed by atoms with Gasteiger partial charge in [0.2, 0.25) is 0 Å². The van der Waals surface area contributed by atoms with Crippen LogP contribution < -0.4 is 10.5 Å². The van der Waals surface area contributed by atoms with Gasteiger partial charge in [-0.2, -0.15) is 0 Å². The number of amides is 1. The van der Waals surface area contributed by atoms with Gasteiger partial charge < -0.3 is 15.0 Å². The van der Waals surface area contributed by atoms with Crippen LogP contribution in [-0.2, 0) is 7.05 Å². The average Bonchev–Trinajstić information content (AvgIpc) is 2.66. The molecule has 2 aromatic rings. The number of halogens is 1. The normalized spacial score (nSPS) is 10.5. The van der Waals surface area contributed by atoms with E-state index >= 15 is 0 Å². The SMILES string of the molecule is COc1ccc(Br)cc1-c1cc(C(N)=O)c(C)n1C. The van der Waals surface area contributed by atoms with E-state index in [1.165, 1.54) is 0 Å². The van der Waals surface area contributed by atoms with Gasteiger partial charge in [-0.05, 0) is 31.2 Å². The smallest absolute Gasteiger partial charge is 0.250 e. The average molecular weight is 323 g/mol. The van der Waals surface area contributed by atoms with Gasteiger partial charge in [0.05, 0.1) is 18.4 Å². The Morgan fingerprint density at radius 2 is 2.05 bits per heavy atom. The number of nitrogens with zero attached hydrogens (tertiary/aromatic N) is 1. The Balaban J connectivity index is 2.69. The highest BCUT2D eigenvalue weighted by molar-refractivity contribution is 9.10. The zero-order valence-corrected chi connectivity index (χ0v) is 12.6. The first-order valence-electron chi connectivity index (χ1n) is 5.75. The summed E-state index contributed by atoms with van der Waals surface area (Å²) in [6, 6.07) is 7.54. The lowest BCUT2D eigenvalue weighted by atomic mass is 10.1. The highest BCUT2D eigenvalue weighted by Gasteiger charge is 2.17. The molecular weight excluding hydrogens is 308 g/mol. The molecule has 1 amide bonds. The molecule has 0 saturated heterocycles. The first-order chi connectivity index (χ1) is 8.95. The van der Waals surface area contributed by atoms with Crippen molar-refractivity contribution >= 4 is 21.8 Å². The Morgan fingerprint density at radius 3 is 2.58 bits per heavy atom. The number of carbonyl (C=O) groups is 1. The fourth-order valence-corrected chi connectivity index (χ4v) is 2.45. The third-order valence-electron chi connectivity index (χ3n) is 3.24. The quantitative estimate of drug-likeness (QED) is 0.944. The fraction of sp³-hybridized carbons (Fsp3) is 0.214. The van der Waals surface area contributed by atoms with Crippen molar-refractivity contribution in [1.82, 2.24) is 4.57 Å². The van der Waals surface area contributed by atoms with Crippen LogP contribution in [0.15, 0.2) is 28.7 Å². The van der Waals surface area contributed by atoms with E-state index in [9.17, 15) is 4.79 Å². The summed E-state index contributed by atoms with van der Waals surface area (Å²) >= 11 is 3.45. The lowest BCUT2D eigenvalue weighted by Crippen LogP contribution is -2.11. The van der Waals surface area contributed by atoms with Crippen molar-refractivity contribution in [2.75, 3.05) is 7.11 Å². The molecule has 1 aromatic carbocycles. The number of primary amides is 1. The van der Waals surface area contributed by atoms with Gasteiger partial charge in [0.25, 0.3) is 5.91 Å².